The van der Waals surface area contributed by atoms with E-state index in [0.717, 1.165) is 12.8 Å². The van der Waals surface area contributed by atoms with Crippen LogP contribution >= 0.6 is 0 Å². The summed E-state index contributed by atoms with van der Waals surface area (Å²) in [6.45, 7) is 8.53. The van der Waals surface area contributed by atoms with Gasteiger partial charge >= 0.3 is 0 Å². The van der Waals surface area contributed by atoms with Gasteiger partial charge in [0.2, 0.25) is 0 Å². The van der Waals surface area contributed by atoms with E-state index in [0.29, 0.717) is 12.2 Å². The van der Waals surface area contributed by atoms with Gasteiger partial charge < -0.3 is 4.74 Å². The Morgan fingerprint density at radius 2 is 1.30 bits per heavy atom. The van der Waals surface area contributed by atoms with Gasteiger partial charge in [-0.1, -0.05) is 13.8 Å². The van der Waals surface area contributed by atoms with E-state index in [1.54, 1.807) is 0 Å². The molecule has 0 aromatic rings. The first kappa shape index (κ1) is 13.1. The van der Waals surface area contributed by atoms with Crippen LogP contribution in [0.15, 0.2) is 0 Å². The Balaban J connectivity index is 0. The van der Waals surface area contributed by atoms with Gasteiger partial charge in [-0.05, 0) is 26.7 Å². The molecular formula is C8H18AlO. The first-order valence-electron chi connectivity index (χ1n) is 3.86. The van der Waals surface area contributed by atoms with Crippen LogP contribution in [0.3, 0.4) is 0 Å². The third-order valence-electron chi connectivity index (χ3n) is 1.61. The second-order valence-electron chi connectivity index (χ2n) is 2.57. The molecule has 2 heteroatoms. The molecule has 0 fully saturated rings. The molecular weight excluding hydrogens is 139 g/mol. The third-order valence-corrected chi connectivity index (χ3v) is 1.61. The van der Waals surface area contributed by atoms with Crippen molar-refractivity contribution < 1.29 is 4.74 Å². The summed E-state index contributed by atoms with van der Waals surface area (Å²) in [6.07, 6.45) is 3.09. The van der Waals surface area contributed by atoms with Crippen molar-refractivity contribution in [2.45, 2.75) is 52.7 Å². The molecule has 0 saturated carbocycles. The summed E-state index contributed by atoms with van der Waals surface area (Å²) in [5.41, 5.74) is 0. The van der Waals surface area contributed by atoms with Gasteiger partial charge in [0.05, 0.1) is 12.2 Å². The van der Waals surface area contributed by atoms with Crippen molar-refractivity contribution in [3.63, 3.8) is 0 Å². The summed E-state index contributed by atoms with van der Waals surface area (Å²) in [7, 11) is 0. The smallest absolute Gasteiger partial charge is 0.0548 e. The second-order valence-corrected chi connectivity index (χ2v) is 2.57. The van der Waals surface area contributed by atoms with Crippen LogP contribution in [-0.4, -0.2) is 29.6 Å². The molecule has 1 nitrogen and oxygen atoms in total. The SMILES string of the molecule is CCC(C)OC(C)CC.[Al]. The highest BCUT2D eigenvalue weighted by Gasteiger charge is 2.02. The number of hydrogen-bond acceptors (Lipinski definition) is 1. The molecule has 0 rings (SSSR count). The Morgan fingerprint density at radius 3 is 1.50 bits per heavy atom. The summed E-state index contributed by atoms with van der Waals surface area (Å²) < 4.78 is 5.55. The van der Waals surface area contributed by atoms with E-state index in [2.05, 4.69) is 27.7 Å². The molecule has 3 radical (unpaired) electrons. The average Bonchev–Trinajstić information content (AvgIpc) is 1.87. The fraction of sp³-hybridized carbons (Fsp3) is 1.00. The Hall–Kier alpha value is 0.492. The minimum atomic E-state index is 0. The van der Waals surface area contributed by atoms with Gasteiger partial charge in [0.15, 0.2) is 0 Å². The van der Waals surface area contributed by atoms with E-state index in [4.69, 9.17) is 4.74 Å². The highest BCUT2D eigenvalue weighted by Crippen LogP contribution is 2.03. The van der Waals surface area contributed by atoms with Crippen LogP contribution in [0.5, 0.6) is 0 Å². The quantitative estimate of drug-likeness (QED) is 0.568. The zero-order chi connectivity index (χ0) is 7.28. The topological polar surface area (TPSA) is 9.23 Å². The van der Waals surface area contributed by atoms with Gasteiger partial charge in [0, 0.05) is 17.4 Å². The highest BCUT2D eigenvalue weighted by molar-refractivity contribution is 5.75. The van der Waals surface area contributed by atoms with E-state index in [9.17, 15) is 0 Å². The normalized spacial score (nSPS) is 15.6. The standard InChI is InChI=1S/C8H18O.Al/c1-5-7(3)9-8(4)6-2;/h7-8H,5-6H2,1-4H3;. The summed E-state index contributed by atoms with van der Waals surface area (Å²) >= 11 is 0. The fourth-order valence-electron chi connectivity index (χ4n) is 0.589. The van der Waals surface area contributed by atoms with Crippen LogP contribution in [0.4, 0.5) is 0 Å². The monoisotopic (exact) mass is 157 g/mol. The molecule has 2 atom stereocenters. The van der Waals surface area contributed by atoms with Crippen molar-refractivity contribution in [2.75, 3.05) is 0 Å². The summed E-state index contributed by atoms with van der Waals surface area (Å²) in [5.74, 6) is 0. The largest absolute Gasteiger partial charge is 0.376 e. The third kappa shape index (κ3) is 6.61. The van der Waals surface area contributed by atoms with Crippen molar-refractivity contribution in [3.8, 4) is 0 Å². The molecule has 0 aliphatic rings. The molecule has 0 heterocycles. The maximum atomic E-state index is 5.55. The zero-order valence-electron chi connectivity index (χ0n) is 7.55. The van der Waals surface area contributed by atoms with E-state index in [-0.39, 0.29) is 17.4 Å². The maximum absolute atomic E-state index is 5.55. The maximum Gasteiger partial charge on any atom is 0.0548 e. The van der Waals surface area contributed by atoms with Crippen LogP contribution in [0.25, 0.3) is 0 Å². The van der Waals surface area contributed by atoms with Gasteiger partial charge in [0.25, 0.3) is 0 Å². The van der Waals surface area contributed by atoms with Gasteiger partial charge in [0.1, 0.15) is 0 Å². The van der Waals surface area contributed by atoms with Gasteiger partial charge in [-0.25, -0.2) is 0 Å². The Labute approximate surface area is 75.3 Å². The lowest BCUT2D eigenvalue weighted by atomic mass is 10.3. The Bertz CT molecular complexity index is 58.3. The minimum Gasteiger partial charge on any atom is -0.376 e. The number of hydrogen-bond donors (Lipinski definition) is 0. The summed E-state index contributed by atoms with van der Waals surface area (Å²) in [4.78, 5) is 0. The van der Waals surface area contributed by atoms with Gasteiger partial charge in [-0.3, -0.25) is 0 Å². The van der Waals surface area contributed by atoms with Crippen LogP contribution in [-0.2, 0) is 4.74 Å². The highest BCUT2D eigenvalue weighted by atomic mass is 27.0. The van der Waals surface area contributed by atoms with Crippen LogP contribution in [0.1, 0.15) is 40.5 Å². The predicted octanol–water partition coefficient (Wildman–Crippen LogP) is 2.22. The average molecular weight is 157 g/mol. The first-order chi connectivity index (χ1) is 4.20. The first-order valence-corrected chi connectivity index (χ1v) is 3.86. The summed E-state index contributed by atoms with van der Waals surface area (Å²) in [5, 5.41) is 0. The fourth-order valence-corrected chi connectivity index (χ4v) is 0.589. The lowest BCUT2D eigenvalue weighted by Gasteiger charge is -2.15. The number of rotatable bonds is 4. The molecule has 0 bridgehead atoms. The van der Waals surface area contributed by atoms with Crippen LogP contribution < -0.4 is 0 Å². The molecule has 0 aromatic carbocycles. The molecule has 0 aliphatic carbocycles. The molecule has 59 valence electrons. The van der Waals surface area contributed by atoms with Crippen LogP contribution in [0, 0.1) is 0 Å². The van der Waals surface area contributed by atoms with E-state index >= 15 is 0 Å². The van der Waals surface area contributed by atoms with Gasteiger partial charge in [-0.2, -0.15) is 0 Å². The summed E-state index contributed by atoms with van der Waals surface area (Å²) in [6, 6.07) is 0. The molecule has 10 heavy (non-hydrogen) atoms. The van der Waals surface area contributed by atoms with Gasteiger partial charge in [-0.15, -0.1) is 0 Å². The van der Waals surface area contributed by atoms with Crippen molar-refractivity contribution in [1.29, 1.82) is 0 Å². The minimum absolute atomic E-state index is 0. The lowest BCUT2D eigenvalue weighted by molar-refractivity contribution is 0.00511. The van der Waals surface area contributed by atoms with E-state index in [1.807, 2.05) is 0 Å². The Kier molecular flexibility index (Phi) is 9.96. The number of ether oxygens (including phenoxy) is 1. The van der Waals surface area contributed by atoms with Crippen molar-refractivity contribution in [1.82, 2.24) is 0 Å². The molecule has 0 spiro atoms. The van der Waals surface area contributed by atoms with Crippen LogP contribution in [0.2, 0.25) is 0 Å². The molecule has 0 aromatic heterocycles. The molecule has 0 aliphatic heterocycles. The van der Waals surface area contributed by atoms with Crippen molar-refractivity contribution in [3.05, 3.63) is 0 Å². The predicted molar refractivity (Wildman–Crippen MR) is 46.3 cm³/mol. The Morgan fingerprint density at radius 1 is 1.00 bits per heavy atom. The molecule has 2 unspecified atom stereocenters. The molecule has 0 amide bonds. The molecule has 0 N–H and O–H groups in total. The van der Waals surface area contributed by atoms with Crippen molar-refractivity contribution in [2.24, 2.45) is 0 Å². The van der Waals surface area contributed by atoms with E-state index < -0.39 is 0 Å². The van der Waals surface area contributed by atoms with Crippen molar-refractivity contribution >= 4 is 17.4 Å². The second kappa shape index (κ2) is 7.60. The molecule has 0 saturated heterocycles. The lowest BCUT2D eigenvalue weighted by Crippen LogP contribution is -2.14. The zero-order valence-corrected chi connectivity index (χ0v) is 8.71. The van der Waals surface area contributed by atoms with E-state index in [1.165, 1.54) is 0 Å².